The average Bonchev–Trinajstić information content (AvgIpc) is 2.69. The van der Waals surface area contributed by atoms with Crippen molar-refractivity contribution in [3.05, 3.63) is 71.2 Å². The third-order valence-corrected chi connectivity index (χ3v) is 4.69. The summed E-state index contributed by atoms with van der Waals surface area (Å²) >= 11 is -2.07. The molecular weight excluding hydrogens is 383 g/mol. The van der Waals surface area contributed by atoms with Gasteiger partial charge in [0.1, 0.15) is 11.6 Å². The molecule has 2 N–H and O–H groups in total. The second-order valence-electron chi connectivity index (χ2n) is 6.21. The summed E-state index contributed by atoms with van der Waals surface area (Å²) in [5.41, 5.74) is 2.06. The molecule has 0 saturated carbocycles. The number of benzene rings is 2. The summed E-state index contributed by atoms with van der Waals surface area (Å²) in [5.74, 6) is -0.203. The lowest BCUT2D eigenvalue weighted by Gasteiger charge is -2.08. The van der Waals surface area contributed by atoms with Crippen molar-refractivity contribution in [2.45, 2.75) is 12.8 Å². The first-order chi connectivity index (χ1) is 13.5. The Balaban J connectivity index is 1.83. The van der Waals surface area contributed by atoms with E-state index in [9.17, 15) is 13.4 Å². The molecule has 0 aliphatic heterocycles. The second-order valence-corrected chi connectivity index (χ2v) is 6.99. The lowest BCUT2D eigenvalue weighted by atomic mass is 9.98. The van der Waals surface area contributed by atoms with Crippen LogP contribution in [0.2, 0.25) is 0 Å². The fourth-order valence-corrected chi connectivity index (χ4v) is 3.23. The first-order valence-corrected chi connectivity index (χ1v) is 9.69. The molecule has 0 fully saturated rings. The highest BCUT2D eigenvalue weighted by atomic mass is 32.2. The summed E-state index contributed by atoms with van der Waals surface area (Å²) in [6.45, 7) is 0.308. The van der Waals surface area contributed by atoms with E-state index in [1.54, 1.807) is 43.6 Å². The van der Waals surface area contributed by atoms with E-state index in [-0.39, 0.29) is 11.3 Å². The predicted molar refractivity (Wildman–Crippen MR) is 105 cm³/mol. The number of rotatable bonds is 8. The van der Waals surface area contributed by atoms with Gasteiger partial charge in [-0.15, -0.1) is 0 Å². The first kappa shape index (κ1) is 20.1. The molecule has 0 saturated heterocycles. The van der Waals surface area contributed by atoms with Gasteiger partial charge in [0.2, 0.25) is 11.3 Å². The van der Waals surface area contributed by atoms with E-state index in [4.69, 9.17) is 9.29 Å². The van der Waals surface area contributed by atoms with Crippen LogP contribution in [0.4, 0.5) is 4.39 Å². The first-order valence-electron chi connectivity index (χ1n) is 8.58. The normalized spacial score (nSPS) is 12.1. The van der Waals surface area contributed by atoms with Crippen LogP contribution in [0.5, 0.6) is 5.75 Å². The molecule has 1 atom stereocenters. The van der Waals surface area contributed by atoms with Gasteiger partial charge in [0.05, 0.1) is 18.8 Å². The number of carbonyl (C=O) groups excluding carboxylic acids is 1. The van der Waals surface area contributed by atoms with E-state index in [1.165, 1.54) is 12.1 Å². The van der Waals surface area contributed by atoms with E-state index >= 15 is 0 Å². The molecule has 1 unspecified atom stereocenters. The van der Waals surface area contributed by atoms with E-state index in [1.807, 2.05) is 0 Å². The van der Waals surface area contributed by atoms with Crippen molar-refractivity contribution in [3.63, 3.8) is 0 Å². The molecule has 6 nitrogen and oxygen atoms in total. The van der Waals surface area contributed by atoms with Gasteiger partial charge >= 0.3 is 0 Å². The zero-order valence-corrected chi connectivity index (χ0v) is 16.0. The smallest absolute Gasteiger partial charge is 0.231 e. The number of carbonyl (C=O) groups is 1. The predicted octanol–water partition coefficient (Wildman–Crippen LogP) is 3.27. The largest absolute Gasteiger partial charge is 0.495 e. The minimum atomic E-state index is -2.07. The number of nitrogens with zero attached hydrogens (tertiary/aromatic N) is 1. The Morgan fingerprint density at radius 3 is 2.79 bits per heavy atom. The Bertz CT molecular complexity index is 1040. The highest BCUT2D eigenvalue weighted by Gasteiger charge is 2.13. The Labute approximate surface area is 164 Å². The van der Waals surface area contributed by atoms with Crippen LogP contribution in [-0.4, -0.2) is 33.2 Å². The fourth-order valence-electron chi connectivity index (χ4n) is 2.91. The van der Waals surface area contributed by atoms with Gasteiger partial charge in [0.15, 0.2) is 5.78 Å². The lowest BCUT2D eigenvalue weighted by molar-refractivity contribution is 0.103. The van der Waals surface area contributed by atoms with Crippen LogP contribution < -0.4 is 9.46 Å². The molecule has 1 heterocycles. The third kappa shape index (κ3) is 4.98. The minimum Gasteiger partial charge on any atom is -0.495 e. The Kier molecular flexibility index (Phi) is 6.45. The molecule has 0 aliphatic carbocycles. The third-order valence-electron chi connectivity index (χ3n) is 4.24. The van der Waals surface area contributed by atoms with Gasteiger partial charge in [0.25, 0.3) is 0 Å². The van der Waals surface area contributed by atoms with Crippen LogP contribution in [0.3, 0.4) is 0 Å². The van der Waals surface area contributed by atoms with Crippen LogP contribution in [0.25, 0.3) is 10.9 Å². The summed E-state index contributed by atoms with van der Waals surface area (Å²) in [5, 5.41) is 0.755. The fraction of sp³-hybridized carbons (Fsp3) is 0.200. The molecule has 146 valence electrons. The molecule has 0 spiro atoms. The number of methoxy groups -OCH3 is 1. The molecule has 1 aromatic heterocycles. The van der Waals surface area contributed by atoms with Gasteiger partial charge in [-0.25, -0.2) is 13.3 Å². The van der Waals surface area contributed by atoms with E-state index in [2.05, 4.69) is 9.71 Å². The van der Waals surface area contributed by atoms with Crippen LogP contribution >= 0.6 is 0 Å². The SMILES string of the molecule is COc1cnc2ccc(C(=O)c3cc(F)cc(CCCNS(=O)O)c3)cc2c1. The molecule has 0 radical (unpaired) electrons. The van der Waals surface area contributed by atoms with Crippen LogP contribution in [-0.2, 0) is 17.7 Å². The molecule has 8 heteroatoms. The van der Waals surface area contributed by atoms with Crippen molar-refractivity contribution >= 4 is 28.0 Å². The van der Waals surface area contributed by atoms with Gasteiger partial charge in [-0.05, 0) is 60.9 Å². The Morgan fingerprint density at radius 2 is 2.04 bits per heavy atom. The van der Waals surface area contributed by atoms with E-state index in [0.717, 1.165) is 10.9 Å². The summed E-state index contributed by atoms with van der Waals surface area (Å²) in [6, 6.07) is 11.1. The number of hydrogen-bond acceptors (Lipinski definition) is 4. The van der Waals surface area contributed by atoms with Crippen molar-refractivity contribution in [1.29, 1.82) is 0 Å². The van der Waals surface area contributed by atoms with Crippen molar-refractivity contribution in [2.75, 3.05) is 13.7 Å². The number of nitrogens with one attached hydrogen (secondary N) is 1. The number of aryl methyl sites for hydroxylation is 1. The Morgan fingerprint density at radius 1 is 1.21 bits per heavy atom. The average molecular weight is 402 g/mol. The monoisotopic (exact) mass is 402 g/mol. The highest BCUT2D eigenvalue weighted by molar-refractivity contribution is 7.77. The lowest BCUT2D eigenvalue weighted by Crippen LogP contribution is -2.17. The molecule has 3 aromatic rings. The number of pyridine rings is 1. The Hall–Kier alpha value is -2.68. The number of ether oxygens (including phenoxy) is 1. The maximum atomic E-state index is 14.0. The zero-order valence-electron chi connectivity index (χ0n) is 15.1. The number of fused-ring (bicyclic) bond motifs is 1. The van der Waals surface area contributed by atoms with E-state index < -0.39 is 17.1 Å². The maximum absolute atomic E-state index is 14.0. The summed E-state index contributed by atoms with van der Waals surface area (Å²) < 4.78 is 40.8. The van der Waals surface area contributed by atoms with Crippen molar-refractivity contribution in [3.8, 4) is 5.75 Å². The van der Waals surface area contributed by atoms with Gasteiger partial charge in [-0.3, -0.25) is 14.3 Å². The maximum Gasteiger partial charge on any atom is 0.231 e. The molecule has 28 heavy (non-hydrogen) atoms. The van der Waals surface area contributed by atoms with Gasteiger partial charge < -0.3 is 4.74 Å². The topological polar surface area (TPSA) is 88.5 Å². The second kappa shape index (κ2) is 9.01. The molecule has 0 amide bonds. The standard InChI is InChI=1S/C20H19FN2O4S/c1-27-18-11-15-9-14(4-5-19(15)22-12-18)20(24)16-7-13(8-17(21)10-16)3-2-6-23-28(25)26/h4-5,7-12,23H,2-3,6H2,1H3,(H,25,26). The number of hydrogen-bond donors (Lipinski definition) is 2. The highest BCUT2D eigenvalue weighted by Crippen LogP contribution is 2.22. The van der Waals surface area contributed by atoms with E-state index in [0.29, 0.717) is 36.3 Å². The molecule has 0 bridgehead atoms. The quantitative estimate of drug-likeness (QED) is 0.343. The molecule has 2 aromatic carbocycles. The van der Waals surface area contributed by atoms with Gasteiger partial charge in [-0.2, -0.15) is 0 Å². The summed E-state index contributed by atoms with van der Waals surface area (Å²) in [4.78, 5) is 17.1. The van der Waals surface area contributed by atoms with Crippen molar-refractivity contribution < 1.29 is 22.7 Å². The molecular formula is C20H19FN2O4S. The van der Waals surface area contributed by atoms with Crippen LogP contribution in [0, 0.1) is 5.82 Å². The summed E-state index contributed by atoms with van der Waals surface area (Å²) in [6.07, 6.45) is 2.61. The van der Waals surface area contributed by atoms with Gasteiger partial charge in [-0.1, -0.05) is 0 Å². The minimum absolute atomic E-state index is 0.254. The number of halogens is 1. The zero-order chi connectivity index (χ0) is 20.1. The van der Waals surface area contributed by atoms with Crippen molar-refractivity contribution in [1.82, 2.24) is 9.71 Å². The van der Waals surface area contributed by atoms with Crippen LogP contribution in [0.1, 0.15) is 27.9 Å². The molecule has 3 rings (SSSR count). The number of aromatic nitrogens is 1. The van der Waals surface area contributed by atoms with Crippen LogP contribution in [0.15, 0.2) is 48.7 Å². The summed E-state index contributed by atoms with van der Waals surface area (Å²) in [7, 11) is 1.54. The molecule has 0 aliphatic rings. The van der Waals surface area contributed by atoms with Crippen molar-refractivity contribution in [2.24, 2.45) is 0 Å². The number of ketones is 1. The van der Waals surface area contributed by atoms with Gasteiger partial charge in [0, 0.05) is 23.1 Å².